The first-order valence-electron chi connectivity index (χ1n) is 4.78. The molecule has 0 saturated heterocycles. The van der Waals surface area contributed by atoms with Crippen LogP contribution in [0.15, 0.2) is 9.85 Å². The van der Waals surface area contributed by atoms with Crippen LogP contribution in [0.5, 0.6) is 0 Å². The average molecular weight is 275 g/mol. The third-order valence-electron chi connectivity index (χ3n) is 2.21. The molecule has 0 aromatic carbocycles. The molecule has 0 N–H and O–H groups in total. The van der Waals surface area contributed by atoms with Crippen LogP contribution in [0.4, 0.5) is 0 Å². The molecule has 0 bridgehead atoms. The van der Waals surface area contributed by atoms with Gasteiger partial charge in [0.05, 0.1) is 0 Å². The summed E-state index contributed by atoms with van der Waals surface area (Å²) in [6.07, 6.45) is 3.98. The Labute approximate surface area is 80.1 Å². The molecule has 1 heterocycles. The Hall–Kier alpha value is 0.339. The van der Waals surface area contributed by atoms with Crippen molar-refractivity contribution in [2.45, 2.75) is 41.2 Å². The van der Waals surface area contributed by atoms with Crippen molar-refractivity contribution in [3.63, 3.8) is 0 Å². The summed E-state index contributed by atoms with van der Waals surface area (Å²) in [4.78, 5) is 7.22. The van der Waals surface area contributed by atoms with Gasteiger partial charge in [0.1, 0.15) is 0 Å². The topological polar surface area (TPSA) is 9.23 Å². The summed E-state index contributed by atoms with van der Waals surface area (Å²) in [7, 11) is 0. The summed E-state index contributed by atoms with van der Waals surface area (Å²) in [5, 5.41) is 0. The molecule has 1 nitrogen and oxygen atoms in total. The molecule has 0 amide bonds. The Bertz CT molecular complexity index is 191. The number of allylic oxidation sites excluding steroid dienone is 1. The molecule has 12 heavy (non-hydrogen) atoms. The van der Waals surface area contributed by atoms with Gasteiger partial charge in [0.2, 0.25) is 0 Å². The maximum absolute atomic E-state index is 5.88. The van der Waals surface area contributed by atoms with Crippen LogP contribution in [0.2, 0.25) is 14.8 Å². The Balaban J connectivity index is 2.77. The van der Waals surface area contributed by atoms with Crippen molar-refractivity contribution < 1.29 is 4.74 Å². The first-order chi connectivity index (χ1) is 5.39. The van der Waals surface area contributed by atoms with Crippen LogP contribution in [0.1, 0.15) is 20.3 Å². The predicted octanol–water partition coefficient (Wildman–Crippen LogP) is 3.19. The summed E-state index contributed by atoms with van der Waals surface area (Å²) in [5.41, 5.74) is 0. The van der Waals surface area contributed by atoms with Gasteiger partial charge in [-0.2, -0.15) is 0 Å². The molecular weight excluding hydrogens is 255 g/mol. The van der Waals surface area contributed by atoms with Crippen molar-refractivity contribution in [3.8, 4) is 0 Å². The predicted molar refractivity (Wildman–Crippen MR) is 55.8 cm³/mol. The molecule has 0 fully saturated rings. The van der Waals surface area contributed by atoms with Crippen LogP contribution >= 0.6 is 0 Å². The molecule has 0 unspecified atom stereocenters. The van der Waals surface area contributed by atoms with E-state index in [1.807, 2.05) is 0 Å². The van der Waals surface area contributed by atoms with Gasteiger partial charge in [0, 0.05) is 0 Å². The Kier molecular flexibility index (Phi) is 3.13. The second kappa shape index (κ2) is 3.60. The number of hydrogen-bond acceptors (Lipinski definition) is 1. The molecule has 0 spiro atoms. The zero-order valence-corrected chi connectivity index (χ0v) is 11.7. The van der Waals surface area contributed by atoms with Gasteiger partial charge in [-0.1, -0.05) is 0 Å². The van der Waals surface area contributed by atoms with Gasteiger partial charge in [-0.25, -0.2) is 0 Å². The van der Waals surface area contributed by atoms with Crippen LogP contribution in [-0.2, 0) is 4.74 Å². The molecule has 0 aromatic rings. The summed E-state index contributed by atoms with van der Waals surface area (Å²) < 4.78 is 7.25. The van der Waals surface area contributed by atoms with E-state index in [1.165, 1.54) is 10.2 Å². The minimum absolute atomic E-state index is 0.441. The van der Waals surface area contributed by atoms with Gasteiger partial charge in [0.15, 0.2) is 0 Å². The molecule has 2 atom stereocenters. The molecule has 0 radical (unpaired) electrons. The number of hydrogen-bond donors (Lipinski definition) is 0. The van der Waals surface area contributed by atoms with Gasteiger partial charge in [-0.3, -0.25) is 0 Å². The molecule has 0 aromatic heterocycles. The Morgan fingerprint density at radius 3 is 2.33 bits per heavy atom. The summed E-state index contributed by atoms with van der Waals surface area (Å²) in [6.45, 7) is 4.47. The number of ether oxygens (including phenoxy) is 1. The third-order valence-corrected chi connectivity index (χ3v) is 7.24. The van der Waals surface area contributed by atoms with E-state index in [0.29, 0.717) is 6.10 Å². The van der Waals surface area contributed by atoms with Gasteiger partial charge in [-0.15, -0.1) is 0 Å². The molecule has 0 aliphatic carbocycles. The van der Waals surface area contributed by atoms with Crippen molar-refractivity contribution in [1.29, 1.82) is 0 Å². The van der Waals surface area contributed by atoms with Crippen molar-refractivity contribution in [2.75, 3.05) is 0 Å². The summed E-state index contributed by atoms with van der Waals surface area (Å²) >= 11 is -1.90. The maximum atomic E-state index is 5.88. The van der Waals surface area contributed by atoms with E-state index in [-0.39, 0.29) is 0 Å². The van der Waals surface area contributed by atoms with Crippen molar-refractivity contribution in [3.05, 3.63) is 9.85 Å². The zero-order valence-electron chi connectivity index (χ0n) is 8.85. The quantitative estimate of drug-likeness (QED) is 0.668. The first-order valence-corrected chi connectivity index (χ1v) is 14.8. The van der Waals surface area contributed by atoms with E-state index >= 15 is 0 Å². The van der Waals surface area contributed by atoms with E-state index in [0.717, 1.165) is 5.92 Å². The van der Waals surface area contributed by atoms with E-state index in [1.54, 1.807) is 0 Å². The fourth-order valence-electron chi connectivity index (χ4n) is 1.58. The van der Waals surface area contributed by atoms with E-state index in [4.69, 9.17) is 4.74 Å². The van der Waals surface area contributed by atoms with Gasteiger partial charge < -0.3 is 0 Å². The molecular formula is C10H20OSn. The van der Waals surface area contributed by atoms with Crippen LogP contribution in [0.25, 0.3) is 0 Å². The first kappa shape index (κ1) is 10.4. The van der Waals surface area contributed by atoms with Gasteiger partial charge in [0.25, 0.3) is 0 Å². The SMILES string of the molecule is C[C@H]1C=[C]([Sn]([CH3])([CH3])[CH3])O[C@@H](C)C1. The van der Waals surface area contributed by atoms with Crippen molar-refractivity contribution in [1.82, 2.24) is 0 Å². The fraction of sp³-hybridized carbons (Fsp3) is 0.800. The van der Waals surface area contributed by atoms with Crippen molar-refractivity contribution in [2.24, 2.45) is 5.92 Å². The van der Waals surface area contributed by atoms with Gasteiger partial charge in [-0.05, 0) is 0 Å². The third kappa shape index (κ3) is 2.68. The molecule has 1 aliphatic heterocycles. The molecule has 1 aliphatic rings. The van der Waals surface area contributed by atoms with Crippen LogP contribution < -0.4 is 0 Å². The minimum atomic E-state index is -1.90. The molecule has 1 rings (SSSR count). The fourth-order valence-corrected chi connectivity index (χ4v) is 5.40. The summed E-state index contributed by atoms with van der Waals surface area (Å²) in [5.74, 6) is 0.722. The van der Waals surface area contributed by atoms with E-state index in [2.05, 4.69) is 34.7 Å². The summed E-state index contributed by atoms with van der Waals surface area (Å²) in [6, 6.07) is 0. The average Bonchev–Trinajstić information content (AvgIpc) is 1.82. The molecule has 2 heteroatoms. The van der Waals surface area contributed by atoms with Gasteiger partial charge >= 0.3 is 80.1 Å². The van der Waals surface area contributed by atoms with Crippen LogP contribution in [-0.4, -0.2) is 24.5 Å². The monoisotopic (exact) mass is 276 g/mol. The Morgan fingerprint density at radius 1 is 1.33 bits per heavy atom. The van der Waals surface area contributed by atoms with E-state index < -0.39 is 18.4 Å². The second-order valence-electron chi connectivity index (χ2n) is 4.92. The van der Waals surface area contributed by atoms with E-state index in [9.17, 15) is 0 Å². The second-order valence-corrected chi connectivity index (χ2v) is 19.2. The van der Waals surface area contributed by atoms with Crippen molar-refractivity contribution >= 4 is 18.4 Å². The molecule has 0 saturated carbocycles. The Morgan fingerprint density at radius 2 is 1.92 bits per heavy atom. The zero-order chi connectivity index (χ0) is 9.35. The molecule has 70 valence electrons. The number of rotatable bonds is 1. The standard InChI is InChI=1S/C7H11O.3CH3.Sn/c1-6-3-4-8-7(2)5-6;;;;/h3,6-7H,5H2,1-2H3;3*1H3;/t6-,7-;;;;/m0..../s1. The van der Waals surface area contributed by atoms with Crippen LogP contribution in [0.3, 0.4) is 0 Å². The normalized spacial score (nSPS) is 30.9. The van der Waals surface area contributed by atoms with Crippen LogP contribution in [0, 0.1) is 5.92 Å².